The highest BCUT2D eigenvalue weighted by molar-refractivity contribution is 5.16. The highest BCUT2D eigenvalue weighted by Gasteiger charge is 2.41. The SMILES string of the molecule is N[C@@H](Cc1ccccc1)[C@@H](O)C(F)(F)F. The standard InChI is InChI=1S/C10H12F3NO/c11-10(12,13)9(15)8(14)6-7-4-2-1-3-5-7/h1-5,8-9,15H,6,14H2/t8-,9+/m0/s1. The molecule has 0 heterocycles. The highest BCUT2D eigenvalue weighted by Crippen LogP contribution is 2.22. The van der Waals surface area contributed by atoms with Gasteiger partial charge in [0, 0.05) is 6.04 Å². The van der Waals surface area contributed by atoms with Crippen molar-refractivity contribution in [3.05, 3.63) is 35.9 Å². The maximum Gasteiger partial charge on any atom is 0.415 e. The van der Waals surface area contributed by atoms with Crippen LogP contribution in [-0.4, -0.2) is 23.4 Å². The van der Waals surface area contributed by atoms with Crippen molar-refractivity contribution in [2.45, 2.75) is 24.7 Å². The summed E-state index contributed by atoms with van der Waals surface area (Å²) in [4.78, 5) is 0. The molecular weight excluding hydrogens is 207 g/mol. The summed E-state index contributed by atoms with van der Waals surface area (Å²) in [6.45, 7) is 0. The van der Waals surface area contributed by atoms with Gasteiger partial charge in [-0.15, -0.1) is 0 Å². The molecule has 3 N–H and O–H groups in total. The average molecular weight is 219 g/mol. The summed E-state index contributed by atoms with van der Waals surface area (Å²) in [5.41, 5.74) is 5.94. The maximum atomic E-state index is 12.1. The molecular formula is C10H12F3NO. The molecule has 84 valence electrons. The molecule has 15 heavy (non-hydrogen) atoms. The molecule has 0 saturated carbocycles. The van der Waals surface area contributed by atoms with Crippen molar-refractivity contribution >= 4 is 0 Å². The summed E-state index contributed by atoms with van der Waals surface area (Å²) < 4.78 is 36.2. The minimum absolute atomic E-state index is 0.00150. The zero-order valence-electron chi connectivity index (χ0n) is 7.91. The molecule has 0 bridgehead atoms. The first kappa shape index (κ1) is 12.0. The summed E-state index contributed by atoms with van der Waals surface area (Å²) in [5, 5.41) is 8.87. The van der Waals surface area contributed by atoms with Crippen LogP contribution in [0.5, 0.6) is 0 Å². The van der Waals surface area contributed by atoms with Crippen LogP contribution in [0.4, 0.5) is 13.2 Å². The summed E-state index contributed by atoms with van der Waals surface area (Å²) >= 11 is 0. The lowest BCUT2D eigenvalue weighted by atomic mass is 10.0. The van der Waals surface area contributed by atoms with E-state index in [-0.39, 0.29) is 6.42 Å². The maximum absolute atomic E-state index is 12.1. The van der Waals surface area contributed by atoms with Crippen LogP contribution in [0.2, 0.25) is 0 Å². The van der Waals surface area contributed by atoms with Crippen LogP contribution < -0.4 is 5.73 Å². The Kier molecular flexibility index (Phi) is 3.71. The topological polar surface area (TPSA) is 46.2 Å². The largest absolute Gasteiger partial charge is 0.415 e. The zero-order valence-corrected chi connectivity index (χ0v) is 7.91. The summed E-state index contributed by atoms with van der Waals surface area (Å²) in [6.07, 6.45) is -7.13. The van der Waals surface area contributed by atoms with Gasteiger partial charge in [0.25, 0.3) is 0 Å². The Hall–Kier alpha value is -1.07. The van der Waals surface area contributed by atoms with Gasteiger partial charge in [-0.05, 0) is 12.0 Å². The monoisotopic (exact) mass is 219 g/mol. The van der Waals surface area contributed by atoms with Crippen molar-refractivity contribution in [1.29, 1.82) is 0 Å². The first-order chi connectivity index (χ1) is 6.91. The van der Waals surface area contributed by atoms with Crippen LogP contribution in [0.15, 0.2) is 30.3 Å². The summed E-state index contributed by atoms with van der Waals surface area (Å²) in [6, 6.07) is 7.19. The van der Waals surface area contributed by atoms with Gasteiger partial charge in [-0.2, -0.15) is 13.2 Å². The van der Waals surface area contributed by atoms with Crippen LogP contribution in [0.3, 0.4) is 0 Å². The minimum atomic E-state index is -4.66. The lowest BCUT2D eigenvalue weighted by molar-refractivity contribution is -0.209. The van der Waals surface area contributed by atoms with E-state index < -0.39 is 18.3 Å². The molecule has 1 aromatic rings. The Bertz CT molecular complexity index is 299. The molecule has 2 atom stereocenters. The summed E-state index contributed by atoms with van der Waals surface area (Å²) in [5.74, 6) is 0. The number of rotatable bonds is 3. The van der Waals surface area contributed by atoms with E-state index in [9.17, 15) is 13.2 Å². The second kappa shape index (κ2) is 4.63. The Morgan fingerprint density at radius 3 is 2.20 bits per heavy atom. The first-order valence-corrected chi connectivity index (χ1v) is 4.45. The fraction of sp³-hybridized carbons (Fsp3) is 0.400. The number of hydrogen-bond acceptors (Lipinski definition) is 2. The van der Waals surface area contributed by atoms with Gasteiger partial charge in [-0.1, -0.05) is 30.3 Å². The van der Waals surface area contributed by atoms with E-state index in [4.69, 9.17) is 10.8 Å². The van der Waals surface area contributed by atoms with Crippen molar-refractivity contribution in [2.24, 2.45) is 5.73 Å². The van der Waals surface area contributed by atoms with Crippen LogP contribution in [-0.2, 0) is 6.42 Å². The second-order valence-corrected chi connectivity index (χ2v) is 3.34. The molecule has 0 unspecified atom stereocenters. The van der Waals surface area contributed by atoms with Gasteiger partial charge in [0.2, 0.25) is 0 Å². The molecule has 0 aliphatic rings. The van der Waals surface area contributed by atoms with Crippen LogP contribution in [0.1, 0.15) is 5.56 Å². The number of aliphatic hydroxyl groups excluding tert-OH is 1. The quantitative estimate of drug-likeness (QED) is 0.808. The van der Waals surface area contributed by atoms with Gasteiger partial charge >= 0.3 is 6.18 Å². The van der Waals surface area contributed by atoms with Crippen molar-refractivity contribution in [3.63, 3.8) is 0 Å². The van der Waals surface area contributed by atoms with E-state index in [1.807, 2.05) is 0 Å². The molecule has 0 spiro atoms. The van der Waals surface area contributed by atoms with Gasteiger partial charge in [0.1, 0.15) is 0 Å². The Labute approximate surface area is 85.5 Å². The molecule has 2 nitrogen and oxygen atoms in total. The molecule has 1 aromatic carbocycles. The molecule has 0 amide bonds. The number of halogens is 3. The number of aliphatic hydroxyl groups is 1. The zero-order chi connectivity index (χ0) is 11.5. The molecule has 0 aliphatic carbocycles. The van der Waals surface area contributed by atoms with E-state index in [1.165, 1.54) is 0 Å². The Morgan fingerprint density at radius 2 is 1.73 bits per heavy atom. The minimum Gasteiger partial charge on any atom is -0.382 e. The van der Waals surface area contributed by atoms with Gasteiger partial charge < -0.3 is 10.8 Å². The predicted molar refractivity (Wildman–Crippen MR) is 50.2 cm³/mol. The third-order valence-electron chi connectivity index (χ3n) is 2.06. The molecule has 5 heteroatoms. The van der Waals surface area contributed by atoms with Crippen molar-refractivity contribution < 1.29 is 18.3 Å². The summed E-state index contributed by atoms with van der Waals surface area (Å²) in [7, 11) is 0. The molecule has 0 radical (unpaired) electrons. The van der Waals surface area contributed by atoms with E-state index >= 15 is 0 Å². The molecule has 0 fully saturated rings. The van der Waals surface area contributed by atoms with Gasteiger partial charge in [-0.3, -0.25) is 0 Å². The van der Waals surface area contributed by atoms with Crippen LogP contribution >= 0.6 is 0 Å². The molecule has 1 rings (SSSR count). The van der Waals surface area contributed by atoms with Crippen molar-refractivity contribution in [3.8, 4) is 0 Å². The molecule has 0 aromatic heterocycles. The van der Waals surface area contributed by atoms with Crippen LogP contribution in [0.25, 0.3) is 0 Å². The van der Waals surface area contributed by atoms with E-state index in [0.29, 0.717) is 5.56 Å². The van der Waals surface area contributed by atoms with Crippen molar-refractivity contribution in [2.75, 3.05) is 0 Å². The average Bonchev–Trinajstić information content (AvgIpc) is 2.16. The van der Waals surface area contributed by atoms with Gasteiger partial charge in [0.05, 0.1) is 0 Å². The van der Waals surface area contributed by atoms with Crippen LogP contribution in [0, 0.1) is 0 Å². The number of hydrogen-bond donors (Lipinski definition) is 2. The number of alkyl halides is 3. The van der Waals surface area contributed by atoms with Gasteiger partial charge in [0.15, 0.2) is 6.10 Å². The van der Waals surface area contributed by atoms with Gasteiger partial charge in [-0.25, -0.2) is 0 Å². The highest BCUT2D eigenvalue weighted by atomic mass is 19.4. The molecule has 0 aliphatic heterocycles. The Morgan fingerprint density at radius 1 is 1.20 bits per heavy atom. The van der Waals surface area contributed by atoms with E-state index in [0.717, 1.165) is 0 Å². The smallest absolute Gasteiger partial charge is 0.382 e. The molecule has 0 saturated heterocycles. The fourth-order valence-corrected chi connectivity index (χ4v) is 1.24. The number of benzene rings is 1. The fourth-order valence-electron chi connectivity index (χ4n) is 1.24. The second-order valence-electron chi connectivity index (χ2n) is 3.34. The van der Waals surface area contributed by atoms with E-state index in [2.05, 4.69) is 0 Å². The van der Waals surface area contributed by atoms with E-state index in [1.54, 1.807) is 30.3 Å². The lowest BCUT2D eigenvalue weighted by Gasteiger charge is -2.21. The Balaban J connectivity index is 2.60. The normalized spacial score (nSPS) is 16.1. The van der Waals surface area contributed by atoms with Crippen molar-refractivity contribution in [1.82, 2.24) is 0 Å². The first-order valence-electron chi connectivity index (χ1n) is 4.45. The third-order valence-corrected chi connectivity index (χ3v) is 2.06. The predicted octanol–water partition coefficient (Wildman–Crippen LogP) is 1.48. The third kappa shape index (κ3) is 3.53. The number of nitrogens with two attached hydrogens (primary N) is 1. The lowest BCUT2D eigenvalue weighted by Crippen LogP contribution is -2.46.